The minimum Gasteiger partial charge on any atom is -0.496 e. The van der Waals surface area contributed by atoms with Crippen LogP contribution in [0.2, 0.25) is 0 Å². The number of anilines is 3. The molecule has 10 heteroatoms. The minimum atomic E-state index is 0.449. The highest BCUT2D eigenvalue weighted by molar-refractivity contribution is 5.71. The highest BCUT2D eigenvalue weighted by atomic mass is 16.5. The SMILES string of the molecule is COc1cc(Nc2nc(NCCCN3CCN(C)CC3)nc(-c3ccccc3)n2)ccc1-c1cnco1. The third kappa shape index (κ3) is 6.41. The fourth-order valence-corrected chi connectivity index (χ4v) is 4.25. The Kier molecular flexibility index (Phi) is 7.87. The summed E-state index contributed by atoms with van der Waals surface area (Å²) < 4.78 is 11.0. The molecular formula is C27H32N8O2. The van der Waals surface area contributed by atoms with E-state index in [4.69, 9.17) is 9.15 Å². The molecule has 0 spiro atoms. The van der Waals surface area contributed by atoms with Gasteiger partial charge in [-0.1, -0.05) is 30.3 Å². The van der Waals surface area contributed by atoms with Crippen molar-refractivity contribution in [3.05, 3.63) is 61.1 Å². The lowest BCUT2D eigenvalue weighted by Gasteiger charge is -2.32. The Hall–Kier alpha value is -4.02. The summed E-state index contributed by atoms with van der Waals surface area (Å²) in [5, 5.41) is 6.70. The van der Waals surface area contributed by atoms with Crippen LogP contribution in [0.4, 0.5) is 17.6 Å². The summed E-state index contributed by atoms with van der Waals surface area (Å²) in [6.07, 6.45) is 4.07. The number of methoxy groups -OCH3 is 1. The Morgan fingerprint density at radius 3 is 2.54 bits per heavy atom. The van der Waals surface area contributed by atoms with Crippen LogP contribution in [0.25, 0.3) is 22.7 Å². The van der Waals surface area contributed by atoms with Crippen molar-refractivity contribution >= 4 is 17.6 Å². The molecule has 3 heterocycles. The van der Waals surface area contributed by atoms with Crippen LogP contribution in [-0.2, 0) is 0 Å². The van der Waals surface area contributed by atoms with E-state index in [1.807, 2.05) is 48.5 Å². The van der Waals surface area contributed by atoms with Crippen LogP contribution in [0.3, 0.4) is 0 Å². The lowest BCUT2D eigenvalue weighted by atomic mass is 10.1. The maximum absolute atomic E-state index is 5.59. The molecule has 2 aromatic carbocycles. The summed E-state index contributed by atoms with van der Waals surface area (Å²) >= 11 is 0. The van der Waals surface area contributed by atoms with Gasteiger partial charge in [0.05, 0.1) is 18.9 Å². The molecule has 1 saturated heterocycles. The molecule has 0 saturated carbocycles. The van der Waals surface area contributed by atoms with Crippen LogP contribution in [-0.4, -0.2) is 83.2 Å². The number of ether oxygens (including phenoxy) is 1. The summed E-state index contributed by atoms with van der Waals surface area (Å²) in [4.78, 5) is 22.9. The number of nitrogens with one attached hydrogen (secondary N) is 2. The molecule has 0 atom stereocenters. The van der Waals surface area contributed by atoms with Gasteiger partial charge in [0, 0.05) is 50.0 Å². The van der Waals surface area contributed by atoms with Crippen LogP contribution in [0, 0.1) is 0 Å². The van der Waals surface area contributed by atoms with Crippen molar-refractivity contribution in [3.8, 4) is 28.5 Å². The fraction of sp³-hybridized carbons (Fsp3) is 0.333. The predicted octanol–water partition coefficient (Wildman–Crippen LogP) is 4.00. The summed E-state index contributed by atoms with van der Waals surface area (Å²) in [7, 11) is 3.80. The van der Waals surface area contributed by atoms with Crippen LogP contribution < -0.4 is 15.4 Å². The number of hydrogen-bond acceptors (Lipinski definition) is 10. The summed E-state index contributed by atoms with van der Waals surface area (Å²) in [6.45, 7) is 6.32. The third-order valence-corrected chi connectivity index (χ3v) is 6.35. The van der Waals surface area contributed by atoms with Gasteiger partial charge in [0.25, 0.3) is 0 Å². The van der Waals surface area contributed by atoms with Crippen molar-refractivity contribution in [2.24, 2.45) is 0 Å². The average molecular weight is 501 g/mol. The number of oxazole rings is 1. The van der Waals surface area contributed by atoms with E-state index in [1.165, 1.54) is 6.39 Å². The van der Waals surface area contributed by atoms with Gasteiger partial charge in [0.2, 0.25) is 11.9 Å². The molecule has 2 N–H and O–H groups in total. The number of rotatable bonds is 10. The highest BCUT2D eigenvalue weighted by Gasteiger charge is 2.14. The average Bonchev–Trinajstić information content (AvgIpc) is 3.47. The zero-order valence-corrected chi connectivity index (χ0v) is 21.2. The molecule has 4 aromatic rings. The van der Waals surface area contributed by atoms with E-state index in [-0.39, 0.29) is 0 Å². The van der Waals surface area contributed by atoms with Crippen molar-refractivity contribution < 1.29 is 9.15 Å². The number of likely N-dealkylation sites (N-methyl/N-ethyl adjacent to an activating group) is 1. The van der Waals surface area contributed by atoms with E-state index >= 15 is 0 Å². The maximum atomic E-state index is 5.59. The first-order chi connectivity index (χ1) is 18.2. The monoisotopic (exact) mass is 500 g/mol. The second kappa shape index (κ2) is 11.8. The topological polar surface area (TPSA) is 104 Å². The molecule has 1 aliphatic heterocycles. The smallest absolute Gasteiger partial charge is 0.232 e. The zero-order chi connectivity index (χ0) is 25.5. The standard InChI is InChI=1S/C27H32N8O2/c1-34-13-15-35(16-14-34)12-6-11-29-26-31-25(20-7-4-3-5-8-20)32-27(33-26)30-21-9-10-22(23(17-21)36-2)24-18-28-19-37-24/h3-5,7-10,17-19H,6,11-16H2,1-2H3,(H2,29,30,31,32,33). The molecule has 0 radical (unpaired) electrons. The molecule has 0 bridgehead atoms. The van der Waals surface area contributed by atoms with Gasteiger partial charge >= 0.3 is 0 Å². The van der Waals surface area contributed by atoms with Crippen LogP contribution >= 0.6 is 0 Å². The van der Waals surface area contributed by atoms with E-state index in [9.17, 15) is 0 Å². The molecule has 2 aromatic heterocycles. The summed E-state index contributed by atoms with van der Waals surface area (Å²) in [6, 6.07) is 15.6. The first-order valence-corrected chi connectivity index (χ1v) is 12.5. The molecule has 5 rings (SSSR count). The van der Waals surface area contributed by atoms with Gasteiger partial charge in [-0.25, -0.2) is 4.98 Å². The first kappa shape index (κ1) is 24.7. The van der Waals surface area contributed by atoms with Crippen LogP contribution in [0.1, 0.15) is 6.42 Å². The number of benzene rings is 2. The molecule has 1 aliphatic rings. The van der Waals surface area contributed by atoms with E-state index in [0.29, 0.717) is 29.2 Å². The van der Waals surface area contributed by atoms with Gasteiger partial charge in [0.15, 0.2) is 18.0 Å². The number of aromatic nitrogens is 4. The fourth-order valence-electron chi connectivity index (χ4n) is 4.25. The number of piperazine rings is 1. The van der Waals surface area contributed by atoms with Crippen molar-refractivity contribution in [3.63, 3.8) is 0 Å². The molecule has 0 unspecified atom stereocenters. The minimum absolute atomic E-state index is 0.449. The van der Waals surface area contributed by atoms with Crippen LogP contribution in [0.15, 0.2) is 65.5 Å². The molecule has 1 fully saturated rings. The molecule has 192 valence electrons. The molecular weight excluding hydrogens is 468 g/mol. The highest BCUT2D eigenvalue weighted by Crippen LogP contribution is 2.33. The normalized spacial score (nSPS) is 14.4. The van der Waals surface area contributed by atoms with Crippen molar-refractivity contribution in [2.45, 2.75) is 6.42 Å². The van der Waals surface area contributed by atoms with Gasteiger partial charge in [-0.3, -0.25) is 0 Å². The van der Waals surface area contributed by atoms with E-state index in [2.05, 4.69) is 47.4 Å². The van der Waals surface area contributed by atoms with E-state index < -0.39 is 0 Å². The quantitative estimate of drug-likeness (QED) is 0.311. The van der Waals surface area contributed by atoms with Gasteiger partial charge in [-0.2, -0.15) is 15.0 Å². The van der Waals surface area contributed by atoms with Crippen molar-refractivity contribution in [1.29, 1.82) is 0 Å². The Morgan fingerprint density at radius 2 is 1.78 bits per heavy atom. The zero-order valence-electron chi connectivity index (χ0n) is 21.2. The second-order valence-corrected chi connectivity index (χ2v) is 9.00. The number of hydrogen-bond donors (Lipinski definition) is 2. The van der Waals surface area contributed by atoms with E-state index in [0.717, 1.165) is 62.5 Å². The van der Waals surface area contributed by atoms with Gasteiger partial charge < -0.3 is 29.6 Å². The maximum Gasteiger partial charge on any atom is 0.232 e. The molecule has 0 aliphatic carbocycles. The largest absolute Gasteiger partial charge is 0.496 e. The van der Waals surface area contributed by atoms with Gasteiger partial charge in [-0.15, -0.1) is 0 Å². The van der Waals surface area contributed by atoms with Gasteiger partial charge in [0.1, 0.15) is 5.75 Å². The Labute approximate surface area is 216 Å². The van der Waals surface area contributed by atoms with Gasteiger partial charge in [-0.05, 0) is 32.1 Å². The summed E-state index contributed by atoms with van der Waals surface area (Å²) in [5.74, 6) is 2.88. The second-order valence-electron chi connectivity index (χ2n) is 9.00. The number of nitrogens with zero attached hydrogens (tertiary/aromatic N) is 6. The Morgan fingerprint density at radius 1 is 0.973 bits per heavy atom. The molecule has 37 heavy (non-hydrogen) atoms. The Balaban J connectivity index is 1.31. The van der Waals surface area contributed by atoms with E-state index in [1.54, 1.807) is 13.3 Å². The molecule has 0 amide bonds. The third-order valence-electron chi connectivity index (χ3n) is 6.35. The summed E-state index contributed by atoms with van der Waals surface area (Å²) in [5.41, 5.74) is 2.52. The Bertz CT molecular complexity index is 1280. The lowest BCUT2D eigenvalue weighted by Crippen LogP contribution is -2.44. The first-order valence-electron chi connectivity index (χ1n) is 12.5. The van der Waals surface area contributed by atoms with Crippen LogP contribution in [0.5, 0.6) is 5.75 Å². The molecule has 10 nitrogen and oxygen atoms in total. The predicted molar refractivity (Wildman–Crippen MR) is 144 cm³/mol. The van der Waals surface area contributed by atoms with Crippen molar-refractivity contribution in [1.82, 2.24) is 29.7 Å². The lowest BCUT2D eigenvalue weighted by molar-refractivity contribution is 0.154. The van der Waals surface area contributed by atoms with Crippen molar-refractivity contribution in [2.75, 3.05) is 64.1 Å².